The Morgan fingerprint density at radius 1 is 1.33 bits per heavy atom. The summed E-state index contributed by atoms with van der Waals surface area (Å²) in [5.41, 5.74) is 2.09. The Kier molecular flexibility index (Phi) is 4.37. The molecule has 2 aromatic rings. The summed E-state index contributed by atoms with van der Waals surface area (Å²) in [5, 5.41) is 0. The van der Waals surface area contributed by atoms with Crippen molar-refractivity contribution in [3.8, 4) is 0 Å². The SMILES string of the molecule is COC(=O)c1sc(=Nc2cccc(C(C)=O)c2)n(C)c1C. The zero-order valence-corrected chi connectivity index (χ0v) is 13.2. The second-order valence-corrected chi connectivity index (χ2v) is 5.55. The highest BCUT2D eigenvalue weighted by molar-refractivity contribution is 7.11. The lowest BCUT2D eigenvalue weighted by Crippen LogP contribution is -2.11. The number of rotatable bonds is 3. The Bertz CT molecular complexity index is 771. The predicted octanol–water partition coefficient (Wildman–Crippen LogP) is 2.62. The molecule has 0 atom stereocenters. The van der Waals surface area contributed by atoms with Crippen molar-refractivity contribution in [3.05, 3.63) is 45.2 Å². The summed E-state index contributed by atoms with van der Waals surface area (Å²) in [4.78, 5) is 28.8. The number of carbonyl (C=O) groups excluding carboxylic acids is 2. The molecule has 0 aliphatic rings. The van der Waals surface area contributed by atoms with Crippen molar-refractivity contribution in [1.82, 2.24) is 4.57 Å². The van der Waals surface area contributed by atoms with Gasteiger partial charge in [-0.25, -0.2) is 9.79 Å². The van der Waals surface area contributed by atoms with Crippen LogP contribution in [-0.2, 0) is 11.8 Å². The van der Waals surface area contributed by atoms with Crippen LogP contribution in [0.15, 0.2) is 29.3 Å². The summed E-state index contributed by atoms with van der Waals surface area (Å²) >= 11 is 1.26. The molecule has 0 amide bonds. The molecule has 1 aromatic heterocycles. The van der Waals surface area contributed by atoms with E-state index in [0.29, 0.717) is 20.9 Å². The van der Waals surface area contributed by atoms with E-state index in [-0.39, 0.29) is 11.8 Å². The summed E-state index contributed by atoms with van der Waals surface area (Å²) in [6, 6.07) is 7.09. The van der Waals surface area contributed by atoms with E-state index >= 15 is 0 Å². The summed E-state index contributed by atoms with van der Waals surface area (Å²) in [6.45, 7) is 3.36. The zero-order valence-electron chi connectivity index (χ0n) is 12.3. The Labute approximate surface area is 126 Å². The molecule has 0 N–H and O–H groups in total. The van der Waals surface area contributed by atoms with Crippen LogP contribution in [-0.4, -0.2) is 23.4 Å². The van der Waals surface area contributed by atoms with E-state index in [4.69, 9.17) is 4.74 Å². The standard InChI is InChI=1S/C15H16N2O3S/c1-9-13(14(19)20-4)21-15(17(9)3)16-12-7-5-6-11(8-12)10(2)18/h5-8H,1-4H3. The van der Waals surface area contributed by atoms with Crippen LogP contribution in [0.3, 0.4) is 0 Å². The molecule has 0 bridgehead atoms. The third-order valence-corrected chi connectivity index (χ3v) is 4.37. The van der Waals surface area contributed by atoms with E-state index in [1.54, 1.807) is 18.2 Å². The maximum Gasteiger partial charge on any atom is 0.349 e. The molecule has 1 heterocycles. The van der Waals surface area contributed by atoms with E-state index in [0.717, 1.165) is 5.69 Å². The molecule has 2 rings (SSSR count). The van der Waals surface area contributed by atoms with Gasteiger partial charge < -0.3 is 9.30 Å². The van der Waals surface area contributed by atoms with Crippen LogP contribution >= 0.6 is 11.3 Å². The Morgan fingerprint density at radius 3 is 2.67 bits per heavy atom. The van der Waals surface area contributed by atoms with Gasteiger partial charge in [0.2, 0.25) is 0 Å². The summed E-state index contributed by atoms with van der Waals surface area (Å²) in [7, 11) is 3.20. The third-order valence-electron chi connectivity index (χ3n) is 3.16. The molecule has 5 nitrogen and oxygen atoms in total. The Morgan fingerprint density at radius 2 is 2.05 bits per heavy atom. The van der Waals surface area contributed by atoms with Crippen molar-refractivity contribution >= 4 is 28.8 Å². The molecule has 0 aliphatic heterocycles. The second kappa shape index (κ2) is 6.05. The number of ketones is 1. The lowest BCUT2D eigenvalue weighted by atomic mass is 10.1. The van der Waals surface area contributed by atoms with Gasteiger partial charge in [0.1, 0.15) is 4.88 Å². The fraction of sp³-hybridized carbons (Fsp3) is 0.267. The molecule has 0 fully saturated rings. The molecular formula is C15H16N2O3S. The van der Waals surface area contributed by atoms with Crippen molar-refractivity contribution in [2.24, 2.45) is 12.0 Å². The van der Waals surface area contributed by atoms with Crippen LogP contribution in [0.1, 0.15) is 32.6 Å². The molecule has 1 aromatic carbocycles. The van der Waals surface area contributed by atoms with E-state index in [1.807, 2.05) is 24.6 Å². The lowest BCUT2D eigenvalue weighted by Gasteiger charge is -1.99. The van der Waals surface area contributed by atoms with E-state index in [9.17, 15) is 9.59 Å². The van der Waals surface area contributed by atoms with Gasteiger partial charge in [0.25, 0.3) is 0 Å². The first kappa shape index (κ1) is 15.2. The number of thiazole rings is 1. The average molecular weight is 304 g/mol. The highest BCUT2D eigenvalue weighted by Gasteiger charge is 2.15. The molecule has 6 heteroatoms. The molecule has 0 spiro atoms. The number of aromatic nitrogens is 1. The first-order valence-corrected chi connectivity index (χ1v) is 7.16. The number of esters is 1. The molecule has 0 saturated heterocycles. The van der Waals surface area contributed by atoms with Gasteiger partial charge in [-0.2, -0.15) is 0 Å². The van der Waals surface area contributed by atoms with Crippen molar-refractivity contribution < 1.29 is 14.3 Å². The zero-order chi connectivity index (χ0) is 15.6. The summed E-state index contributed by atoms with van der Waals surface area (Å²) < 4.78 is 6.59. The highest BCUT2D eigenvalue weighted by atomic mass is 32.1. The Balaban J connectivity index is 2.54. The van der Waals surface area contributed by atoms with Gasteiger partial charge in [-0.3, -0.25) is 4.79 Å². The molecule has 21 heavy (non-hydrogen) atoms. The average Bonchev–Trinajstić information content (AvgIpc) is 2.75. The summed E-state index contributed by atoms with van der Waals surface area (Å²) in [5.74, 6) is -0.374. The van der Waals surface area contributed by atoms with Crippen molar-refractivity contribution in [2.75, 3.05) is 7.11 Å². The van der Waals surface area contributed by atoms with Gasteiger partial charge >= 0.3 is 5.97 Å². The maximum absolute atomic E-state index is 11.7. The molecule has 0 aliphatic carbocycles. The van der Waals surface area contributed by atoms with Gasteiger partial charge in [0, 0.05) is 18.3 Å². The van der Waals surface area contributed by atoms with Gasteiger partial charge in [0.15, 0.2) is 10.6 Å². The van der Waals surface area contributed by atoms with Crippen LogP contribution in [0.5, 0.6) is 0 Å². The first-order valence-electron chi connectivity index (χ1n) is 6.34. The number of benzene rings is 1. The lowest BCUT2D eigenvalue weighted by molar-refractivity contribution is 0.0604. The van der Waals surface area contributed by atoms with Crippen molar-refractivity contribution in [2.45, 2.75) is 13.8 Å². The minimum Gasteiger partial charge on any atom is -0.465 e. The number of methoxy groups -OCH3 is 1. The van der Waals surface area contributed by atoms with Crippen molar-refractivity contribution in [1.29, 1.82) is 0 Å². The van der Waals surface area contributed by atoms with E-state index in [1.165, 1.54) is 25.4 Å². The quantitative estimate of drug-likeness (QED) is 0.647. The van der Waals surface area contributed by atoms with Crippen LogP contribution in [0.25, 0.3) is 0 Å². The minimum atomic E-state index is -0.368. The van der Waals surface area contributed by atoms with Crippen LogP contribution in [0.4, 0.5) is 5.69 Å². The number of hydrogen-bond acceptors (Lipinski definition) is 5. The molecular weight excluding hydrogens is 288 g/mol. The molecule has 0 radical (unpaired) electrons. The number of Topliss-reactive ketones (excluding diaryl/α,β-unsaturated/α-hetero) is 1. The number of carbonyl (C=O) groups is 2. The van der Waals surface area contributed by atoms with Crippen LogP contribution in [0, 0.1) is 6.92 Å². The fourth-order valence-corrected chi connectivity index (χ4v) is 2.87. The fourth-order valence-electron chi connectivity index (χ4n) is 1.81. The van der Waals surface area contributed by atoms with E-state index in [2.05, 4.69) is 4.99 Å². The van der Waals surface area contributed by atoms with Crippen LogP contribution < -0.4 is 4.80 Å². The van der Waals surface area contributed by atoms with Gasteiger partial charge in [-0.05, 0) is 26.0 Å². The number of ether oxygens (including phenoxy) is 1. The maximum atomic E-state index is 11.7. The monoisotopic (exact) mass is 304 g/mol. The molecule has 0 unspecified atom stereocenters. The molecule has 110 valence electrons. The third kappa shape index (κ3) is 3.11. The van der Waals surface area contributed by atoms with Gasteiger partial charge in [0.05, 0.1) is 12.8 Å². The number of nitrogens with zero attached hydrogens (tertiary/aromatic N) is 2. The van der Waals surface area contributed by atoms with Gasteiger partial charge in [-0.15, -0.1) is 0 Å². The van der Waals surface area contributed by atoms with Crippen molar-refractivity contribution in [3.63, 3.8) is 0 Å². The van der Waals surface area contributed by atoms with E-state index < -0.39 is 0 Å². The highest BCUT2D eigenvalue weighted by Crippen LogP contribution is 2.16. The summed E-state index contributed by atoms with van der Waals surface area (Å²) in [6.07, 6.45) is 0. The normalized spacial score (nSPS) is 11.5. The largest absolute Gasteiger partial charge is 0.465 e. The number of hydrogen-bond donors (Lipinski definition) is 0. The second-order valence-electron chi connectivity index (χ2n) is 4.57. The van der Waals surface area contributed by atoms with Crippen LogP contribution in [0.2, 0.25) is 0 Å². The topological polar surface area (TPSA) is 60.7 Å². The predicted molar refractivity (Wildman–Crippen MR) is 81.0 cm³/mol. The first-order chi connectivity index (χ1) is 9.93. The van der Waals surface area contributed by atoms with Gasteiger partial charge in [-0.1, -0.05) is 23.5 Å². The smallest absolute Gasteiger partial charge is 0.349 e. The molecule has 0 saturated carbocycles. The Hall–Kier alpha value is -2.21. The minimum absolute atomic E-state index is 0.00552.